The maximum Gasteiger partial charge on any atom is 0.328 e. The molecular formula is C13H16FNO5. The predicted octanol–water partition coefficient (Wildman–Crippen LogP) is 0.864. The molecule has 0 aliphatic heterocycles. The summed E-state index contributed by atoms with van der Waals surface area (Å²) >= 11 is 0. The van der Waals surface area contributed by atoms with Crippen molar-refractivity contribution >= 4 is 11.9 Å². The van der Waals surface area contributed by atoms with E-state index in [2.05, 4.69) is 5.32 Å². The molecule has 0 saturated heterocycles. The van der Waals surface area contributed by atoms with Gasteiger partial charge in [-0.3, -0.25) is 4.79 Å². The molecule has 2 N–H and O–H groups in total. The number of benzene rings is 1. The van der Waals surface area contributed by atoms with Gasteiger partial charge in [0.2, 0.25) is 0 Å². The molecule has 0 fully saturated rings. The summed E-state index contributed by atoms with van der Waals surface area (Å²) in [6.07, 6.45) is 0. The normalized spacial score (nSPS) is 11.7. The van der Waals surface area contributed by atoms with Gasteiger partial charge in [-0.15, -0.1) is 0 Å². The lowest BCUT2D eigenvalue weighted by Gasteiger charge is -2.11. The first-order valence-electron chi connectivity index (χ1n) is 5.90. The van der Waals surface area contributed by atoms with Gasteiger partial charge in [0.25, 0.3) is 5.91 Å². The second-order valence-corrected chi connectivity index (χ2v) is 3.89. The van der Waals surface area contributed by atoms with Crippen molar-refractivity contribution in [3.8, 4) is 5.75 Å². The van der Waals surface area contributed by atoms with Gasteiger partial charge in [-0.25, -0.2) is 9.18 Å². The largest absolute Gasteiger partial charge is 0.491 e. The number of aliphatic carboxylic acids is 1. The Morgan fingerprint density at radius 3 is 2.75 bits per heavy atom. The topological polar surface area (TPSA) is 84.9 Å². The second kappa shape index (κ2) is 8.11. The van der Waals surface area contributed by atoms with E-state index in [1.54, 1.807) is 12.1 Å². The minimum Gasteiger partial charge on any atom is -0.491 e. The molecule has 20 heavy (non-hydrogen) atoms. The average molecular weight is 285 g/mol. The number of carboxylic acid groups (broad SMARTS) is 1. The Hall–Kier alpha value is -2.15. The molecule has 1 atom stereocenters. The summed E-state index contributed by atoms with van der Waals surface area (Å²) in [6.45, 7) is -0.450. The number of carbonyl (C=O) groups is 2. The van der Waals surface area contributed by atoms with Gasteiger partial charge in [0.05, 0.1) is 6.61 Å². The number of amides is 1. The molecule has 7 heteroatoms. The van der Waals surface area contributed by atoms with Crippen LogP contribution in [0.3, 0.4) is 0 Å². The molecule has 0 radical (unpaired) electrons. The smallest absolute Gasteiger partial charge is 0.328 e. The molecule has 0 aromatic heterocycles. The van der Waals surface area contributed by atoms with Gasteiger partial charge in [-0.2, -0.15) is 0 Å². The van der Waals surface area contributed by atoms with Crippen LogP contribution in [0.2, 0.25) is 0 Å². The Morgan fingerprint density at radius 2 is 2.15 bits per heavy atom. The van der Waals surface area contributed by atoms with Crippen molar-refractivity contribution in [1.29, 1.82) is 0 Å². The highest BCUT2D eigenvalue weighted by molar-refractivity contribution is 5.96. The zero-order valence-electron chi connectivity index (χ0n) is 11.0. The van der Waals surface area contributed by atoms with Crippen LogP contribution in [0.25, 0.3) is 0 Å². The van der Waals surface area contributed by atoms with Gasteiger partial charge >= 0.3 is 5.97 Å². The first-order chi connectivity index (χ1) is 9.58. The van der Waals surface area contributed by atoms with Crippen LogP contribution >= 0.6 is 0 Å². The minimum atomic E-state index is -1.56. The van der Waals surface area contributed by atoms with Crippen molar-refractivity contribution in [3.05, 3.63) is 29.8 Å². The molecule has 1 rings (SSSR count). The summed E-state index contributed by atoms with van der Waals surface area (Å²) in [4.78, 5) is 22.4. The van der Waals surface area contributed by atoms with Crippen molar-refractivity contribution < 1.29 is 28.6 Å². The van der Waals surface area contributed by atoms with E-state index in [4.69, 9.17) is 14.6 Å². The van der Waals surface area contributed by atoms with E-state index in [-0.39, 0.29) is 5.56 Å². The molecule has 0 aliphatic rings. The lowest BCUT2D eigenvalue weighted by Crippen LogP contribution is -2.42. The van der Waals surface area contributed by atoms with Crippen LogP contribution in [0.1, 0.15) is 10.4 Å². The molecule has 0 heterocycles. The number of rotatable bonds is 8. The van der Waals surface area contributed by atoms with Crippen molar-refractivity contribution in [3.63, 3.8) is 0 Å². The third-order valence-electron chi connectivity index (χ3n) is 2.41. The Labute approximate surface area is 115 Å². The Bertz CT molecular complexity index is 466. The molecule has 1 amide bonds. The number of hydrogen-bond donors (Lipinski definition) is 2. The number of carboxylic acids is 1. The lowest BCUT2D eigenvalue weighted by molar-refractivity contribution is -0.139. The van der Waals surface area contributed by atoms with Crippen LogP contribution in [0.5, 0.6) is 5.75 Å². The molecular weight excluding hydrogens is 269 g/mol. The molecule has 0 saturated carbocycles. The van der Waals surface area contributed by atoms with Crippen molar-refractivity contribution in [2.45, 2.75) is 6.04 Å². The number of nitrogens with one attached hydrogen (secondary N) is 1. The number of carbonyl (C=O) groups excluding carboxylic acids is 1. The SMILES string of the molecule is COCCOc1cccc(C(=O)NC(CF)C(=O)O)c1. The third kappa shape index (κ3) is 4.85. The summed E-state index contributed by atoms with van der Waals surface area (Å²) in [5.41, 5.74) is 0.194. The molecule has 0 aliphatic carbocycles. The third-order valence-corrected chi connectivity index (χ3v) is 2.41. The number of halogens is 1. The Kier molecular flexibility index (Phi) is 6.45. The van der Waals surface area contributed by atoms with E-state index < -0.39 is 24.6 Å². The van der Waals surface area contributed by atoms with E-state index >= 15 is 0 Å². The van der Waals surface area contributed by atoms with Crippen LogP contribution in [0.4, 0.5) is 4.39 Å². The molecule has 1 unspecified atom stereocenters. The summed E-state index contributed by atoms with van der Waals surface area (Å²) in [7, 11) is 1.54. The first kappa shape index (κ1) is 15.9. The van der Waals surface area contributed by atoms with Crippen LogP contribution in [-0.2, 0) is 9.53 Å². The highest BCUT2D eigenvalue weighted by atomic mass is 19.1. The van der Waals surface area contributed by atoms with Crippen LogP contribution < -0.4 is 10.1 Å². The van der Waals surface area contributed by atoms with Gasteiger partial charge in [0.15, 0.2) is 6.04 Å². The fourth-order valence-corrected chi connectivity index (χ4v) is 1.38. The van der Waals surface area contributed by atoms with Crippen molar-refractivity contribution in [2.24, 2.45) is 0 Å². The minimum absolute atomic E-state index is 0.194. The lowest BCUT2D eigenvalue weighted by atomic mass is 10.2. The standard InChI is InChI=1S/C13H16FNO5/c1-19-5-6-20-10-4-2-3-9(7-10)12(16)15-11(8-14)13(17)18/h2-4,7,11H,5-6,8H2,1H3,(H,15,16)(H,17,18). The zero-order chi connectivity index (χ0) is 15.0. The number of ether oxygens (including phenoxy) is 2. The molecule has 1 aromatic carbocycles. The second-order valence-electron chi connectivity index (χ2n) is 3.89. The monoisotopic (exact) mass is 285 g/mol. The zero-order valence-corrected chi connectivity index (χ0v) is 11.0. The molecule has 1 aromatic rings. The Morgan fingerprint density at radius 1 is 1.40 bits per heavy atom. The number of alkyl halides is 1. The fraction of sp³-hybridized carbons (Fsp3) is 0.385. The number of hydrogen-bond acceptors (Lipinski definition) is 4. The first-order valence-corrected chi connectivity index (χ1v) is 5.90. The van der Waals surface area contributed by atoms with Gasteiger partial charge < -0.3 is 19.9 Å². The van der Waals surface area contributed by atoms with Crippen molar-refractivity contribution in [2.75, 3.05) is 27.0 Å². The summed E-state index contributed by atoms with van der Waals surface area (Å²) in [5, 5.41) is 10.8. The van der Waals surface area contributed by atoms with Crippen LogP contribution in [0, 0.1) is 0 Å². The van der Waals surface area contributed by atoms with E-state index in [0.717, 1.165) is 0 Å². The van der Waals surface area contributed by atoms with Gasteiger partial charge in [-0.05, 0) is 18.2 Å². The van der Waals surface area contributed by atoms with E-state index in [9.17, 15) is 14.0 Å². The van der Waals surface area contributed by atoms with E-state index in [1.165, 1.54) is 19.2 Å². The Balaban J connectivity index is 2.68. The fourth-order valence-electron chi connectivity index (χ4n) is 1.38. The van der Waals surface area contributed by atoms with Crippen LogP contribution in [-0.4, -0.2) is 50.0 Å². The summed E-state index contributed by atoms with van der Waals surface area (Å²) in [5.74, 6) is -1.65. The summed E-state index contributed by atoms with van der Waals surface area (Å²) < 4.78 is 22.6. The molecule has 110 valence electrons. The highest BCUT2D eigenvalue weighted by Gasteiger charge is 2.20. The molecule has 0 bridgehead atoms. The van der Waals surface area contributed by atoms with Crippen LogP contribution in [0.15, 0.2) is 24.3 Å². The maximum absolute atomic E-state index is 12.4. The van der Waals surface area contributed by atoms with E-state index in [1.807, 2.05) is 0 Å². The highest BCUT2D eigenvalue weighted by Crippen LogP contribution is 2.13. The average Bonchev–Trinajstić information content (AvgIpc) is 2.44. The van der Waals surface area contributed by atoms with Gasteiger partial charge in [-0.1, -0.05) is 6.07 Å². The predicted molar refractivity (Wildman–Crippen MR) is 68.7 cm³/mol. The van der Waals surface area contributed by atoms with Gasteiger partial charge in [0.1, 0.15) is 19.0 Å². The van der Waals surface area contributed by atoms with Gasteiger partial charge in [0, 0.05) is 12.7 Å². The van der Waals surface area contributed by atoms with E-state index in [0.29, 0.717) is 19.0 Å². The molecule has 6 nitrogen and oxygen atoms in total. The quantitative estimate of drug-likeness (QED) is 0.692. The maximum atomic E-state index is 12.4. The van der Waals surface area contributed by atoms with Crippen molar-refractivity contribution in [1.82, 2.24) is 5.32 Å². The summed E-state index contributed by atoms with van der Waals surface area (Å²) in [6, 6.07) is 4.61. The number of methoxy groups -OCH3 is 1. The molecule has 0 spiro atoms.